The molecule has 0 aromatic heterocycles. The van der Waals surface area contributed by atoms with Gasteiger partial charge in [-0.05, 0) is 30.5 Å². The van der Waals surface area contributed by atoms with Crippen LogP contribution in [0.25, 0.3) is 0 Å². The van der Waals surface area contributed by atoms with Gasteiger partial charge < -0.3 is 14.6 Å². The summed E-state index contributed by atoms with van der Waals surface area (Å²) in [6.07, 6.45) is 0.0720. The molecule has 4 nitrogen and oxygen atoms in total. The van der Waals surface area contributed by atoms with E-state index in [-0.39, 0.29) is 12.3 Å². The van der Waals surface area contributed by atoms with E-state index in [0.717, 1.165) is 16.9 Å². The Morgan fingerprint density at radius 3 is 2.35 bits per heavy atom. The molecule has 4 heteroatoms. The highest BCUT2D eigenvalue weighted by molar-refractivity contribution is 5.68. The van der Waals surface area contributed by atoms with Crippen molar-refractivity contribution in [3.05, 3.63) is 23.3 Å². The Labute approximate surface area is 101 Å². The van der Waals surface area contributed by atoms with E-state index in [2.05, 4.69) is 0 Å². The van der Waals surface area contributed by atoms with E-state index in [9.17, 15) is 4.79 Å². The minimum atomic E-state index is -0.820. The number of carboxylic acids is 1. The Hall–Kier alpha value is -1.71. The lowest BCUT2D eigenvalue weighted by molar-refractivity contribution is -0.137. The summed E-state index contributed by atoms with van der Waals surface area (Å²) in [4.78, 5) is 10.7. The van der Waals surface area contributed by atoms with Crippen molar-refractivity contribution in [1.29, 1.82) is 0 Å². The van der Waals surface area contributed by atoms with E-state index in [4.69, 9.17) is 14.6 Å². The van der Waals surface area contributed by atoms with Gasteiger partial charge in [0.2, 0.25) is 0 Å². The largest absolute Gasteiger partial charge is 0.496 e. The van der Waals surface area contributed by atoms with E-state index in [0.29, 0.717) is 5.75 Å². The van der Waals surface area contributed by atoms with E-state index in [1.807, 2.05) is 26.0 Å². The van der Waals surface area contributed by atoms with Crippen LogP contribution in [0.1, 0.15) is 30.4 Å². The van der Waals surface area contributed by atoms with Crippen molar-refractivity contribution in [2.75, 3.05) is 14.2 Å². The molecular weight excluding hydrogens is 220 g/mol. The van der Waals surface area contributed by atoms with Crippen molar-refractivity contribution in [3.63, 3.8) is 0 Å². The number of carboxylic acid groups (broad SMARTS) is 1. The lowest BCUT2D eigenvalue weighted by Crippen LogP contribution is -2.05. The fraction of sp³-hybridized carbons (Fsp3) is 0.462. The average Bonchev–Trinajstić information content (AvgIpc) is 2.27. The molecule has 1 rings (SSSR count). The van der Waals surface area contributed by atoms with Crippen LogP contribution in [0.2, 0.25) is 0 Å². The lowest BCUT2D eigenvalue weighted by atomic mass is 9.95. The van der Waals surface area contributed by atoms with E-state index in [1.165, 1.54) is 0 Å². The van der Waals surface area contributed by atoms with Crippen LogP contribution < -0.4 is 9.47 Å². The molecule has 0 saturated carbocycles. The predicted molar refractivity (Wildman–Crippen MR) is 65.0 cm³/mol. The summed E-state index contributed by atoms with van der Waals surface area (Å²) in [5.41, 5.74) is 1.83. The normalized spacial score (nSPS) is 12.0. The number of hydrogen-bond acceptors (Lipinski definition) is 3. The zero-order chi connectivity index (χ0) is 13.0. The summed E-state index contributed by atoms with van der Waals surface area (Å²) in [6, 6.07) is 3.72. The monoisotopic (exact) mass is 238 g/mol. The summed E-state index contributed by atoms with van der Waals surface area (Å²) in [7, 11) is 3.18. The second-order valence-corrected chi connectivity index (χ2v) is 4.06. The third-order valence-electron chi connectivity index (χ3n) is 2.76. The van der Waals surface area contributed by atoms with Crippen molar-refractivity contribution < 1.29 is 19.4 Å². The van der Waals surface area contributed by atoms with Crippen LogP contribution in [0, 0.1) is 6.92 Å². The number of rotatable bonds is 5. The van der Waals surface area contributed by atoms with Crippen molar-refractivity contribution in [2.45, 2.75) is 26.2 Å². The van der Waals surface area contributed by atoms with E-state index < -0.39 is 5.97 Å². The van der Waals surface area contributed by atoms with E-state index >= 15 is 0 Å². The van der Waals surface area contributed by atoms with Crippen molar-refractivity contribution in [1.82, 2.24) is 0 Å². The van der Waals surface area contributed by atoms with Crippen molar-refractivity contribution in [3.8, 4) is 11.5 Å². The van der Waals surface area contributed by atoms with Crippen LogP contribution in [0.15, 0.2) is 12.1 Å². The number of methoxy groups -OCH3 is 2. The van der Waals surface area contributed by atoms with Gasteiger partial charge in [0, 0.05) is 5.56 Å². The molecule has 0 aliphatic rings. The Bertz CT molecular complexity index is 412. The first-order valence-corrected chi connectivity index (χ1v) is 5.44. The molecular formula is C13H18O4. The fourth-order valence-electron chi connectivity index (χ4n) is 1.83. The molecule has 0 aliphatic carbocycles. The average molecular weight is 238 g/mol. The topological polar surface area (TPSA) is 55.8 Å². The first kappa shape index (κ1) is 13.4. The highest BCUT2D eigenvalue weighted by Crippen LogP contribution is 2.34. The molecule has 0 heterocycles. The third-order valence-corrected chi connectivity index (χ3v) is 2.76. The second-order valence-electron chi connectivity index (χ2n) is 4.06. The molecule has 0 radical (unpaired) electrons. The Morgan fingerprint density at radius 2 is 1.88 bits per heavy atom. The van der Waals surface area contributed by atoms with Crippen molar-refractivity contribution in [2.24, 2.45) is 0 Å². The second kappa shape index (κ2) is 5.57. The number of carbonyl (C=O) groups is 1. The SMILES string of the molecule is COc1cc([C@@H](C)CC(=O)O)c(OC)cc1C. The molecule has 17 heavy (non-hydrogen) atoms. The van der Waals surface area contributed by atoms with Gasteiger partial charge in [-0.15, -0.1) is 0 Å². The standard InChI is InChI=1S/C13H18O4/c1-8(6-13(14)15)10-7-11(16-3)9(2)5-12(10)17-4/h5,7-8H,6H2,1-4H3,(H,14,15)/t8-/m0/s1. The smallest absolute Gasteiger partial charge is 0.303 e. The number of aryl methyl sites for hydroxylation is 1. The van der Waals surface area contributed by atoms with Crippen LogP contribution >= 0.6 is 0 Å². The number of benzene rings is 1. The molecule has 0 amide bonds. The molecule has 1 aromatic rings. The Morgan fingerprint density at radius 1 is 1.29 bits per heavy atom. The molecule has 94 valence electrons. The van der Waals surface area contributed by atoms with Gasteiger partial charge in [-0.3, -0.25) is 4.79 Å². The summed E-state index contributed by atoms with van der Waals surface area (Å²) >= 11 is 0. The van der Waals surface area contributed by atoms with Crippen LogP contribution in [0.3, 0.4) is 0 Å². The molecule has 0 spiro atoms. The van der Waals surface area contributed by atoms with Crippen LogP contribution in [0.4, 0.5) is 0 Å². The van der Waals surface area contributed by atoms with Gasteiger partial charge in [0.05, 0.1) is 20.6 Å². The molecule has 1 N–H and O–H groups in total. The molecule has 0 bridgehead atoms. The quantitative estimate of drug-likeness (QED) is 0.856. The molecule has 0 aliphatic heterocycles. The summed E-state index contributed by atoms with van der Waals surface area (Å²) in [5.74, 6) is 0.520. The maximum atomic E-state index is 10.7. The number of ether oxygens (including phenoxy) is 2. The Balaban J connectivity index is 3.15. The number of hydrogen-bond donors (Lipinski definition) is 1. The van der Waals surface area contributed by atoms with Crippen LogP contribution in [-0.2, 0) is 4.79 Å². The highest BCUT2D eigenvalue weighted by Gasteiger charge is 2.17. The maximum Gasteiger partial charge on any atom is 0.303 e. The highest BCUT2D eigenvalue weighted by atomic mass is 16.5. The molecule has 0 unspecified atom stereocenters. The van der Waals surface area contributed by atoms with Crippen LogP contribution in [0.5, 0.6) is 11.5 Å². The van der Waals surface area contributed by atoms with Gasteiger partial charge in [-0.25, -0.2) is 0 Å². The zero-order valence-corrected chi connectivity index (χ0v) is 10.6. The van der Waals surface area contributed by atoms with Gasteiger partial charge >= 0.3 is 5.97 Å². The predicted octanol–water partition coefficient (Wildman–Crippen LogP) is 2.59. The van der Waals surface area contributed by atoms with Gasteiger partial charge in [0.15, 0.2) is 0 Å². The van der Waals surface area contributed by atoms with Crippen molar-refractivity contribution >= 4 is 5.97 Å². The van der Waals surface area contributed by atoms with E-state index in [1.54, 1.807) is 14.2 Å². The zero-order valence-electron chi connectivity index (χ0n) is 10.6. The summed E-state index contributed by atoms with van der Waals surface area (Å²) in [6.45, 7) is 3.79. The lowest BCUT2D eigenvalue weighted by Gasteiger charge is -2.17. The summed E-state index contributed by atoms with van der Waals surface area (Å²) in [5, 5.41) is 8.82. The first-order chi connectivity index (χ1) is 7.99. The fourth-order valence-corrected chi connectivity index (χ4v) is 1.83. The van der Waals surface area contributed by atoms with Gasteiger partial charge in [0.25, 0.3) is 0 Å². The minimum Gasteiger partial charge on any atom is -0.496 e. The first-order valence-electron chi connectivity index (χ1n) is 5.44. The Kier molecular flexibility index (Phi) is 4.37. The van der Waals surface area contributed by atoms with Crippen LogP contribution in [-0.4, -0.2) is 25.3 Å². The van der Waals surface area contributed by atoms with Gasteiger partial charge in [-0.1, -0.05) is 6.92 Å². The van der Waals surface area contributed by atoms with Gasteiger partial charge in [-0.2, -0.15) is 0 Å². The molecule has 0 fully saturated rings. The molecule has 0 saturated heterocycles. The van der Waals surface area contributed by atoms with Gasteiger partial charge in [0.1, 0.15) is 11.5 Å². The number of aliphatic carboxylic acids is 1. The maximum absolute atomic E-state index is 10.7. The molecule has 1 aromatic carbocycles. The minimum absolute atomic E-state index is 0.0720. The molecule has 1 atom stereocenters. The summed E-state index contributed by atoms with van der Waals surface area (Å²) < 4.78 is 10.5. The third kappa shape index (κ3) is 3.12.